The Bertz CT molecular complexity index is 677. The van der Waals surface area contributed by atoms with E-state index in [9.17, 15) is 10.1 Å². The maximum absolute atomic E-state index is 10.6. The molecule has 2 aromatic carbocycles. The van der Waals surface area contributed by atoms with Gasteiger partial charge in [-0.3, -0.25) is 10.1 Å². The summed E-state index contributed by atoms with van der Waals surface area (Å²) in [6, 6.07) is 13.7. The molecule has 0 saturated heterocycles. The number of thiocarbonyl (C=S) groups is 1. The van der Waals surface area contributed by atoms with Crippen LogP contribution in [-0.4, -0.2) is 16.6 Å². The molecule has 0 saturated carbocycles. The van der Waals surface area contributed by atoms with Gasteiger partial charge in [0.2, 0.25) is 0 Å². The van der Waals surface area contributed by atoms with Gasteiger partial charge in [-0.15, -0.1) is 0 Å². The topological polar surface area (TPSA) is 67.2 Å². The van der Waals surface area contributed by atoms with Crippen molar-refractivity contribution in [1.29, 1.82) is 0 Å². The van der Waals surface area contributed by atoms with Crippen LogP contribution < -0.4 is 10.6 Å². The highest BCUT2D eigenvalue weighted by Gasteiger charge is 2.04. The van der Waals surface area contributed by atoms with Crippen LogP contribution in [0.5, 0.6) is 0 Å². The highest BCUT2D eigenvalue weighted by atomic mass is 35.5. The van der Waals surface area contributed by atoms with E-state index < -0.39 is 4.92 Å². The Morgan fingerprint density at radius 1 is 1.23 bits per heavy atom. The monoisotopic (exact) mass is 335 g/mol. The first kappa shape index (κ1) is 16.2. The number of nitro benzene ring substituents is 1. The third-order valence-electron chi connectivity index (χ3n) is 2.92. The first-order valence-corrected chi connectivity index (χ1v) is 7.37. The van der Waals surface area contributed by atoms with Crippen molar-refractivity contribution in [2.24, 2.45) is 0 Å². The first-order valence-electron chi connectivity index (χ1n) is 6.58. The molecule has 0 fully saturated rings. The molecule has 22 heavy (non-hydrogen) atoms. The van der Waals surface area contributed by atoms with Crippen LogP contribution in [0.1, 0.15) is 5.56 Å². The highest BCUT2D eigenvalue weighted by Crippen LogP contribution is 2.15. The van der Waals surface area contributed by atoms with E-state index in [1.807, 2.05) is 24.3 Å². The number of hydrogen-bond acceptors (Lipinski definition) is 3. The second kappa shape index (κ2) is 7.72. The third kappa shape index (κ3) is 4.98. The van der Waals surface area contributed by atoms with Crippen molar-refractivity contribution in [3.63, 3.8) is 0 Å². The van der Waals surface area contributed by atoms with E-state index in [0.29, 0.717) is 22.4 Å². The molecule has 0 aliphatic rings. The van der Waals surface area contributed by atoms with Gasteiger partial charge in [-0.25, -0.2) is 0 Å². The minimum atomic E-state index is -0.439. The fourth-order valence-corrected chi connectivity index (χ4v) is 2.29. The zero-order chi connectivity index (χ0) is 15.9. The third-order valence-corrected chi connectivity index (χ3v) is 3.41. The average Bonchev–Trinajstić information content (AvgIpc) is 2.48. The summed E-state index contributed by atoms with van der Waals surface area (Å²) in [4.78, 5) is 10.1. The summed E-state index contributed by atoms with van der Waals surface area (Å²) in [6.07, 6.45) is 0.794. The fraction of sp³-hybridized carbons (Fsp3) is 0.133. The van der Waals surface area contributed by atoms with Crippen LogP contribution in [0.15, 0.2) is 48.5 Å². The Morgan fingerprint density at radius 2 is 1.95 bits per heavy atom. The number of hydrogen-bond donors (Lipinski definition) is 2. The van der Waals surface area contributed by atoms with Crippen molar-refractivity contribution in [2.75, 3.05) is 11.9 Å². The zero-order valence-corrected chi connectivity index (χ0v) is 13.2. The number of anilines is 1. The van der Waals surface area contributed by atoms with E-state index in [0.717, 1.165) is 12.0 Å². The second-order valence-electron chi connectivity index (χ2n) is 4.56. The van der Waals surface area contributed by atoms with Gasteiger partial charge in [-0.05, 0) is 48.5 Å². The zero-order valence-electron chi connectivity index (χ0n) is 11.6. The number of rotatable bonds is 5. The van der Waals surface area contributed by atoms with E-state index in [2.05, 4.69) is 10.6 Å². The summed E-state index contributed by atoms with van der Waals surface area (Å²) < 4.78 is 0. The number of benzene rings is 2. The number of nitro groups is 1. The molecule has 0 heterocycles. The number of nitrogens with zero attached hydrogens (tertiary/aromatic N) is 1. The molecule has 0 aliphatic heterocycles. The standard InChI is InChI=1S/C15H14ClN3O2S/c16-12-3-1-2-11(10-12)8-9-17-15(22)18-13-4-6-14(7-5-13)19(20)21/h1-7,10H,8-9H2,(H2,17,18,22). The van der Waals surface area contributed by atoms with Gasteiger partial charge >= 0.3 is 0 Å². The van der Waals surface area contributed by atoms with Gasteiger partial charge in [-0.1, -0.05) is 23.7 Å². The number of non-ortho nitro benzene ring substituents is 1. The maximum atomic E-state index is 10.6. The average molecular weight is 336 g/mol. The minimum Gasteiger partial charge on any atom is -0.362 e. The Morgan fingerprint density at radius 3 is 2.59 bits per heavy atom. The Balaban J connectivity index is 1.79. The van der Waals surface area contributed by atoms with Gasteiger partial charge in [0.25, 0.3) is 5.69 Å². The molecule has 2 aromatic rings. The van der Waals surface area contributed by atoms with E-state index in [1.165, 1.54) is 12.1 Å². The Hall–Kier alpha value is -2.18. The first-order chi connectivity index (χ1) is 10.5. The molecule has 0 bridgehead atoms. The summed E-state index contributed by atoms with van der Waals surface area (Å²) in [5, 5.41) is 17.8. The Labute approximate surface area is 138 Å². The van der Waals surface area contributed by atoms with Crippen molar-refractivity contribution in [3.8, 4) is 0 Å². The van der Waals surface area contributed by atoms with Crippen LogP contribution in [-0.2, 0) is 6.42 Å². The summed E-state index contributed by atoms with van der Waals surface area (Å²) in [5.41, 5.74) is 1.87. The van der Waals surface area contributed by atoms with Gasteiger partial charge < -0.3 is 10.6 Å². The lowest BCUT2D eigenvalue weighted by Crippen LogP contribution is -2.30. The van der Waals surface area contributed by atoms with Crippen LogP contribution >= 0.6 is 23.8 Å². The van der Waals surface area contributed by atoms with Crippen molar-refractivity contribution < 1.29 is 4.92 Å². The van der Waals surface area contributed by atoms with Gasteiger partial charge in [0.15, 0.2) is 5.11 Å². The van der Waals surface area contributed by atoms with Crippen molar-refractivity contribution >= 4 is 40.3 Å². The SMILES string of the molecule is O=[N+]([O-])c1ccc(NC(=S)NCCc2cccc(Cl)c2)cc1. The van der Waals surface area contributed by atoms with Crippen LogP contribution in [0.25, 0.3) is 0 Å². The second-order valence-corrected chi connectivity index (χ2v) is 5.41. The Kier molecular flexibility index (Phi) is 5.68. The van der Waals surface area contributed by atoms with E-state index in [-0.39, 0.29) is 5.69 Å². The van der Waals surface area contributed by atoms with E-state index in [4.69, 9.17) is 23.8 Å². The van der Waals surface area contributed by atoms with Gasteiger partial charge in [0.1, 0.15) is 0 Å². The van der Waals surface area contributed by atoms with Crippen LogP contribution in [0.4, 0.5) is 11.4 Å². The molecular weight excluding hydrogens is 322 g/mol. The quantitative estimate of drug-likeness (QED) is 0.494. The van der Waals surface area contributed by atoms with Crippen molar-refractivity contribution in [2.45, 2.75) is 6.42 Å². The molecule has 0 aromatic heterocycles. The van der Waals surface area contributed by atoms with Gasteiger partial charge in [0.05, 0.1) is 4.92 Å². The summed E-state index contributed by atoms with van der Waals surface area (Å²) in [6.45, 7) is 0.666. The van der Waals surface area contributed by atoms with Crippen LogP contribution in [0, 0.1) is 10.1 Å². The van der Waals surface area contributed by atoms with E-state index >= 15 is 0 Å². The predicted octanol–water partition coefficient (Wildman–Crippen LogP) is 3.78. The lowest BCUT2D eigenvalue weighted by atomic mass is 10.1. The molecule has 0 atom stereocenters. The molecule has 0 aliphatic carbocycles. The smallest absolute Gasteiger partial charge is 0.269 e. The summed E-state index contributed by atoms with van der Waals surface area (Å²) in [5.74, 6) is 0. The molecule has 0 unspecified atom stereocenters. The molecule has 0 amide bonds. The number of nitrogens with one attached hydrogen (secondary N) is 2. The van der Waals surface area contributed by atoms with E-state index in [1.54, 1.807) is 12.1 Å². The summed E-state index contributed by atoms with van der Waals surface area (Å²) >= 11 is 11.1. The molecule has 0 radical (unpaired) electrons. The maximum Gasteiger partial charge on any atom is 0.269 e. The lowest BCUT2D eigenvalue weighted by molar-refractivity contribution is -0.384. The molecule has 5 nitrogen and oxygen atoms in total. The molecule has 2 N–H and O–H groups in total. The minimum absolute atomic E-state index is 0.0467. The fourth-order valence-electron chi connectivity index (χ4n) is 1.85. The normalized spacial score (nSPS) is 10.0. The highest BCUT2D eigenvalue weighted by molar-refractivity contribution is 7.80. The number of halogens is 1. The molecule has 2 rings (SSSR count). The molecule has 114 valence electrons. The molecule has 0 spiro atoms. The lowest BCUT2D eigenvalue weighted by Gasteiger charge is -2.10. The van der Waals surface area contributed by atoms with Crippen LogP contribution in [0.2, 0.25) is 5.02 Å². The van der Waals surface area contributed by atoms with Gasteiger partial charge in [-0.2, -0.15) is 0 Å². The van der Waals surface area contributed by atoms with Gasteiger partial charge in [0, 0.05) is 29.4 Å². The largest absolute Gasteiger partial charge is 0.362 e. The van der Waals surface area contributed by atoms with Crippen molar-refractivity contribution in [3.05, 3.63) is 69.2 Å². The van der Waals surface area contributed by atoms with Crippen LogP contribution in [0.3, 0.4) is 0 Å². The predicted molar refractivity (Wildman–Crippen MR) is 92.5 cm³/mol. The molecule has 7 heteroatoms. The molecular formula is C15H14ClN3O2S. The summed E-state index contributed by atoms with van der Waals surface area (Å²) in [7, 11) is 0. The van der Waals surface area contributed by atoms with Crippen molar-refractivity contribution in [1.82, 2.24) is 5.32 Å².